The molecule has 0 aliphatic heterocycles. The first-order valence-corrected chi connectivity index (χ1v) is 30.1. The Morgan fingerprint density at radius 3 is 1.69 bits per heavy atom. The molecule has 0 fully saturated rings. The summed E-state index contributed by atoms with van der Waals surface area (Å²) < 4.78 is 5.10. The van der Waals surface area contributed by atoms with E-state index < -0.39 is 96.2 Å². The Kier molecular flexibility index (Phi) is 32.0. The molecule has 0 saturated carbocycles. The Hall–Kier alpha value is -8.50. The second-order valence-corrected chi connectivity index (χ2v) is 21.6. The van der Waals surface area contributed by atoms with Crippen molar-refractivity contribution in [2.75, 3.05) is 47.4 Å². The summed E-state index contributed by atoms with van der Waals surface area (Å²) in [6.07, 6.45) is 5.62. The lowest BCUT2D eigenvalue weighted by Gasteiger charge is -2.27. The minimum absolute atomic E-state index is 0.0152. The minimum Gasteiger partial charge on any atom is -0.461 e. The molecule has 22 nitrogen and oxygen atoms in total. The van der Waals surface area contributed by atoms with Crippen molar-refractivity contribution in [3.8, 4) is 0 Å². The van der Waals surface area contributed by atoms with Gasteiger partial charge in [-0.2, -0.15) is 0 Å². The van der Waals surface area contributed by atoms with E-state index in [1.165, 1.54) is 20.0 Å². The third-order valence-corrected chi connectivity index (χ3v) is 14.7. The van der Waals surface area contributed by atoms with Crippen LogP contribution >= 0.6 is 0 Å². The maximum absolute atomic E-state index is 14.9. The third kappa shape index (κ3) is 26.3. The van der Waals surface area contributed by atoms with Gasteiger partial charge in [0.25, 0.3) is 0 Å². The molecule has 0 heterocycles. The molecule has 0 unspecified atom stereocenters. The Balaban J connectivity index is 1.65. The van der Waals surface area contributed by atoms with Gasteiger partial charge in [-0.1, -0.05) is 141 Å². The first-order valence-electron chi connectivity index (χ1n) is 30.1. The molecule has 0 spiro atoms. The number of likely N-dealkylation sites (N-methyl/N-ethyl adjacent to an activating group) is 1. The fraction of sp³-hybridized carbons (Fsp3) is 0.477. The first-order chi connectivity index (χ1) is 41.9. The number of hydrogen-bond donors (Lipinski definition) is 11. The Labute approximate surface area is 512 Å². The number of ether oxygens (including phenoxy) is 1. The van der Waals surface area contributed by atoms with E-state index in [2.05, 4.69) is 64.7 Å². The van der Waals surface area contributed by atoms with Crippen LogP contribution in [0.3, 0.4) is 0 Å². The monoisotopic (exact) mass is 1200 g/mol. The number of guanidine groups is 1. The summed E-state index contributed by atoms with van der Waals surface area (Å²) in [6, 6.07) is 22.4. The number of benzene rings is 4. The topological polar surface area (TPSA) is 322 Å². The Morgan fingerprint density at radius 2 is 1.07 bits per heavy atom. The zero-order valence-corrected chi connectivity index (χ0v) is 51.4. The summed E-state index contributed by atoms with van der Waals surface area (Å²) in [4.78, 5) is 129. The van der Waals surface area contributed by atoms with Crippen LogP contribution in [0.1, 0.15) is 107 Å². The zero-order chi connectivity index (χ0) is 63.5. The van der Waals surface area contributed by atoms with Gasteiger partial charge < -0.3 is 63.6 Å². The normalized spacial score (nSPS) is 13.7. The number of aliphatic imine (C=N–C) groups is 1. The Morgan fingerprint density at radius 1 is 0.552 bits per heavy atom. The summed E-state index contributed by atoms with van der Waals surface area (Å²) in [5.74, 6) is -5.57. The van der Waals surface area contributed by atoms with Crippen molar-refractivity contribution in [2.24, 2.45) is 10.7 Å². The lowest BCUT2D eigenvalue weighted by atomic mass is 10.00. The summed E-state index contributed by atoms with van der Waals surface area (Å²) in [6.45, 7) is 8.97. The van der Waals surface area contributed by atoms with Crippen LogP contribution in [0.15, 0.2) is 115 Å². The number of nitrogens with two attached hydrogens (primary N) is 1. The highest BCUT2D eigenvalue weighted by atomic mass is 16.5. The number of fused-ring (bicyclic) bond motifs is 1. The third-order valence-electron chi connectivity index (χ3n) is 14.7. The van der Waals surface area contributed by atoms with Crippen molar-refractivity contribution in [3.05, 3.63) is 132 Å². The fourth-order valence-corrected chi connectivity index (χ4v) is 9.57. The molecule has 0 aliphatic rings. The number of hydrogen-bond acceptors (Lipinski definition) is 13. The highest BCUT2D eigenvalue weighted by Crippen LogP contribution is 2.18. The molecule has 7 atom stereocenters. The maximum atomic E-state index is 14.9. The molecule has 87 heavy (non-hydrogen) atoms. The van der Waals surface area contributed by atoms with Crippen molar-refractivity contribution >= 4 is 69.8 Å². The molecule has 0 aliphatic carbocycles. The van der Waals surface area contributed by atoms with Gasteiger partial charge in [0, 0.05) is 32.9 Å². The molecule has 0 bridgehead atoms. The van der Waals surface area contributed by atoms with E-state index in [0.29, 0.717) is 44.2 Å². The van der Waals surface area contributed by atoms with Crippen LogP contribution in [0.25, 0.3) is 10.8 Å². The number of esters is 1. The van der Waals surface area contributed by atoms with E-state index in [1.807, 2.05) is 111 Å². The molecule has 22 heteroatoms. The molecule has 4 rings (SSSR count). The van der Waals surface area contributed by atoms with Gasteiger partial charge in [-0.05, 0) is 113 Å². The number of aryl methyl sites for hydroxylation is 1. The van der Waals surface area contributed by atoms with Crippen LogP contribution in [-0.2, 0) is 67.2 Å². The number of rotatable bonds is 40. The van der Waals surface area contributed by atoms with Crippen LogP contribution in [0.5, 0.6) is 0 Å². The lowest BCUT2D eigenvalue weighted by Crippen LogP contribution is -2.59. The largest absolute Gasteiger partial charge is 0.461 e. The fourth-order valence-electron chi connectivity index (χ4n) is 9.57. The van der Waals surface area contributed by atoms with Crippen LogP contribution in [0.2, 0.25) is 0 Å². The predicted molar refractivity (Wildman–Crippen MR) is 338 cm³/mol. The number of ketones is 1. The van der Waals surface area contributed by atoms with E-state index >= 15 is 0 Å². The molecular formula is C65H92N12O10. The summed E-state index contributed by atoms with van der Waals surface area (Å²) in [5, 5.41) is 30.4. The van der Waals surface area contributed by atoms with E-state index in [1.54, 1.807) is 14.1 Å². The molecular weight excluding hydrogens is 1110 g/mol. The van der Waals surface area contributed by atoms with E-state index in [9.17, 15) is 43.2 Å². The number of nitrogens with one attached hydrogen (secondary N) is 10. The quantitative estimate of drug-likeness (QED) is 0.0100. The summed E-state index contributed by atoms with van der Waals surface area (Å²) in [7, 11) is 4.98. The average Bonchev–Trinajstić information content (AvgIpc) is 2.54. The SMILES string of the molecule is C=CCOC(=O)CC[C@H](NC(=O)CNC(=O)[C@H](Cc1ccc2ccccc2c1)NC(=O)[C@@H](CCCNC(N)=NC)NC(=O)[C@H](CCCCNC)NC(=O)[C@H](Cc1ccc(C)cc1)NC(=O)[C@H](Cc1ccccc1)NC)C(=O)N[C@@H](CCCCC)C(C)=O. The van der Waals surface area contributed by atoms with Gasteiger partial charge in [0.2, 0.25) is 41.4 Å². The molecule has 0 radical (unpaired) electrons. The number of carbonyl (C=O) groups is 9. The molecule has 472 valence electrons. The molecule has 4 aromatic rings. The number of Topliss-reactive ketones (excluding diaryl/α,β-unsaturated/α-hetero) is 1. The summed E-state index contributed by atoms with van der Waals surface area (Å²) >= 11 is 0. The van der Waals surface area contributed by atoms with Crippen molar-refractivity contribution in [2.45, 2.75) is 153 Å². The van der Waals surface area contributed by atoms with Gasteiger partial charge >= 0.3 is 5.97 Å². The van der Waals surface area contributed by atoms with Crippen molar-refractivity contribution in [1.82, 2.24) is 53.2 Å². The Bertz CT molecular complexity index is 2910. The van der Waals surface area contributed by atoms with Gasteiger partial charge in [-0.25, -0.2) is 0 Å². The van der Waals surface area contributed by atoms with Gasteiger partial charge in [-0.3, -0.25) is 48.1 Å². The second-order valence-electron chi connectivity index (χ2n) is 21.6. The van der Waals surface area contributed by atoms with E-state index in [4.69, 9.17) is 10.5 Å². The van der Waals surface area contributed by atoms with Gasteiger partial charge in [-0.15, -0.1) is 0 Å². The highest BCUT2D eigenvalue weighted by molar-refractivity contribution is 5.97. The van der Waals surface area contributed by atoms with E-state index in [-0.39, 0.29) is 69.8 Å². The van der Waals surface area contributed by atoms with Gasteiger partial charge in [0.15, 0.2) is 11.7 Å². The molecule has 0 saturated heterocycles. The standard InChI is InChI=1S/C65H92N12O10/c1-8-10-12-24-50(44(4)78)73-62(84)53(33-34-58(80)87-37-9-2)72-57(79)42-71-59(81)55(41-47-31-32-48-22-15-16-23-49(48)38-47)76-61(83)52(26-19-36-70-65(66)69-7)74-60(82)51(25-17-18-35-67-5)75-64(86)56(40-46-29-27-43(3)28-30-46)77-63(85)54(68-6)39-45-20-13-11-14-21-45/h9,11,13-16,20-23,27-32,38,50-56,67-68H,2,8,10,12,17-19,24-26,33-37,39-42H2,1,3-7H3,(H,71,81)(H,72,79)(H,73,84)(H,74,82)(H,75,86)(H,76,83)(H,77,85)(H3,66,69,70)/t50-,51-,52+,53-,54-,55-,56-/m0/s1. The van der Waals surface area contributed by atoms with Crippen molar-refractivity contribution in [1.29, 1.82) is 0 Å². The lowest BCUT2D eigenvalue weighted by molar-refractivity contribution is -0.143. The molecule has 0 aromatic heterocycles. The van der Waals surface area contributed by atoms with Crippen LogP contribution in [0, 0.1) is 6.92 Å². The maximum Gasteiger partial charge on any atom is 0.306 e. The molecule has 12 N–H and O–H groups in total. The van der Waals surface area contributed by atoms with Gasteiger partial charge in [0.1, 0.15) is 36.8 Å². The van der Waals surface area contributed by atoms with E-state index in [0.717, 1.165) is 40.3 Å². The number of amides is 7. The zero-order valence-electron chi connectivity index (χ0n) is 51.4. The van der Waals surface area contributed by atoms with Crippen molar-refractivity contribution < 1.29 is 47.9 Å². The van der Waals surface area contributed by atoms with Crippen molar-refractivity contribution in [3.63, 3.8) is 0 Å². The number of unbranched alkanes of at least 4 members (excludes halogenated alkanes) is 3. The smallest absolute Gasteiger partial charge is 0.306 e. The first kappa shape index (κ1) is 71.0. The molecule has 4 aromatic carbocycles. The summed E-state index contributed by atoms with van der Waals surface area (Å²) in [5.41, 5.74) is 9.26. The van der Waals surface area contributed by atoms with Crippen LogP contribution in [0.4, 0.5) is 0 Å². The number of carbonyl (C=O) groups excluding carboxylic acids is 9. The number of nitrogens with zero attached hydrogens (tertiary/aromatic N) is 1. The molecule has 7 amide bonds. The van der Waals surface area contributed by atoms with Crippen LogP contribution < -0.4 is 58.9 Å². The second kappa shape index (κ2) is 39.2. The highest BCUT2D eigenvalue weighted by Gasteiger charge is 2.33. The van der Waals surface area contributed by atoms with Gasteiger partial charge in [0.05, 0.1) is 18.6 Å². The predicted octanol–water partition coefficient (Wildman–Crippen LogP) is 3.17. The minimum atomic E-state index is -1.35. The average molecular weight is 1200 g/mol. The van der Waals surface area contributed by atoms with Crippen LogP contribution in [-0.4, -0.2) is 149 Å².